The van der Waals surface area contributed by atoms with Crippen LogP contribution in [0.15, 0.2) is 103 Å². The second-order valence-corrected chi connectivity index (χ2v) is 27.2. The number of carboxylic acids is 1. The Morgan fingerprint density at radius 1 is 0.263 bits per heavy atom. The minimum Gasteiger partial charge on any atom is -0.478 e. The molecule has 0 saturated heterocycles. The number of carbonyl (C=O) groups excluding carboxylic acids is 4. The molecule has 0 spiro atoms. The second-order valence-electron chi connectivity index (χ2n) is 27.2. The molecule has 3 aromatic carbocycles. The summed E-state index contributed by atoms with van der Waals surface area (Å²) >= 11 is 0. The molecule has 15 nitrogen and oxygen atoms in total. The lowest BCUT2D eigenvalue weighted by Gasteiger charge is -2.06. The Hall–Kier alpha value is -5.45. The summed E-state index contributed by atoms with van der Waals surface area (Å²) in [5.74, 6) is -2.40. The van der Waals surface area contributed by atoms with Crippen molar-refractivity contribution < 1.29 is 29.1 Å². The Balaban J connectivity index is 0. The van der Waals surface area contributed by atoms with Gasteiger partial charge in [0.2, 0.25) is 23.6 Å². The van der Waals surface area contributed by atoms with Gasteiger partial charge in [-0.25, -0.2) is 4.79 Å². The van der Waals surface area contributed by atoms with Gasteiger partial charge >= 0.3 is 5.97 Å². The van der Waals surface area contributed by atoms with Crippen LogP contribution in [0.5, 0.6) is 0 Å². The summed E-state index contributed by atoms with van der Waals surface area (Å²) in [6.45, 7) is 7.15. The molecule has 0 heterocycles. The van der Waals surface area contributed by atoms with E-state index in [1.165, 1.54) is 286 Å². The minimum absolute atomic E-state index is 0.155. The van der Waals surface area contributed by atoms with Crippen molar-refractivity contribution >= 4 is 29.6 Å². The first-order valence-electron chi connectivity index (χ1n) is 40.1. The van der Waals surface area contributed by atoms with E-state index in [-0.39, 0.29) is 17.7 Å². The lowest BCUT2D eigenvalue weighted by Crippen LogP contribution is -2.35. The highest BCUT2D eigenvalue weighted by Crippen LogP contribution is 2.18. The molecule has 0 bridgehead atoms. The van der Waals surface area contributed by atoms with Gasteiger partial charge in [-0.05, 0) is 74.5 Å². The first-order valence-corrected chi connectivity index (χ1v) is 40.1. The molecule has 0 saturated carbocycles. The van der Waals surface area contributed by atoms with Crippen LogP contribution in [0.1, 0.15) is 325 Å². The van der Waals surface area contributed by atoms with Gasteiger partial charge in [0, 0.05) is 83.8 Å². The largest absolute Gasteiger partial charge is 0.478 e. The normalized spacial score (nSPS) is 10.8. The summed E-state index contributed by atoms with van der Waals surface area (Å²) in [7, 11) is 0. The van der Waals surface area contributed by atoms with Crippen LogP contribution in [0, 0.1) is 0 Å². The highest BCUT2D eigenvalue weighted by Gasteiger charge is 2.02. The number of carboxylic acid groups (broad SMARTS) is 1. The van der Waals surface area contributed by atoms with E-state index in [2.05, 4.69) is 113 Å². The Labute approximate surface area is 605 Å². The van der Waals surface area contributed by atoms with Crippen LogP contribution in [-0.4, -0.2) is 87.1 Å². The van der Waals surface area contributed by atoms with Crippen molar-refractivity contribution in [3.63, 3.8) is 0 Å². The number of carbonyl (C=O) groups is 5. The van der Waals surface area contributed by atoms with Crippen molar-refractivity contribution in [3.8, 4) is 0 Å². The molecule has 0 radical (unpaired) electrons. The molecule has 4 amide bonds. The highest BCUT2D eigenvalue weighted by molar-refractivity contribution is 5.92. The molecule has 99 heavy (non-hydrogen) atoms. The molecule has 0 aliphatic heterocycles. The smallest absolute Gasteiger partial charge is 0.328 e. The molecule has 0 unspecified atom stereocenters. The van der Waals surface area contributed by atoms with Gasteiger partial charge in [-0.1, -0.05) is 341 Å². The molecule has 0 atom stereocenters. The van der Waals surface area contributed by atoms with Crippen LogP contribution in [0.3, 0.4) is 0 Å². The number of aryl methyl sites for hydroxylation is 3. The molecule has 0 aromatic heterocycles. The van der Waals surface area contributed by atoms with Gasteiger partial charge < -0.3 is 55.5 Å². The first kappa shape index (κ1) is 95.6. The molecular weight excluding hydrogens is 1230 g/mol. The van der Waals surface area contributed by atoms with Crippen LogP contribution >= 0.6 is 0 Å². The molecule has 16 N–H and O–H groups in total. The summed E-state index contributed by atoms with van der Waals surface area (Å²) in [4.78, 5) is 51.3. The van der Waals surface area contributed by atoms with Crippen LogP contribution in [0.2, 0.25) is 0 Å². The van der Waals surface area contributed by atoms with Crippen LogP contribution in [0.4, 0.5) is 0 Å². The van der Waals surface area contributed by atoms with Crippen LogP contribution in [-0.2, 0) is 43.2 Å². The monoisotopic (exact) mass is 1380 g/mol. The number of primary amides is 4. The molecular formula is C84H151N9O6. The molecule has 0 aliphatic carbocycles. The fourth-order valence-corrected chi connectivity index (χ4v) is 11.8. The minimum atomic E-state index is -1.18. The lowest BCUT2D eigenvalue weighted by molar-refractivity contribution is -0.131. The van der Waals surface area contributed by atoms with Gasteiger partial charge in [0.05, 0.1) is 0 Å². The highest BCUT2D eigenvalue weighted by atomic mass is 16.4. The Morgan fingerprint density at radius 3 is 0.606 bits per heavy atom. The van der Waals surface area contributed by atoms with Crippen molar-refractivity contribution in [2.24, 2.45) is 34.4 Å². The van der Waals surface area contributed by atoms with E-state index in [9.17, 15) is 24.0 Å². The maximum absolute atomic E-state index is 10.6. The van der Waals surface area contributed by atoms with E-state index < -0.39 is 11.9 Å². The molecule has 3 aromatic rings. The average Bonchev–Trinajstić information content (AvgIpc) is 2.85. The number of unbranched alkanes of at least 4 members (excludes halogenated alkanes) is 42. The third-order valence-electron chi connectivity index (χ3n) is 17.7. The number of nitrogens with one attached hydrogen (secondary N) is 3. The molecule has 15 heteroatoms. The Morgan fingerprint density at radius 2 is 0.444 bits per heavy atom. The number of nitrogens with two attached hydrogens (primary N) is 6. The number of aliphatic carboxylic acids is 1. The predicted octanol–water partition coefficient (Wildman–Crippen LogP) is 17.7. The molecule has 0 fully saturated rings. The van der Waals surface area contributed by atoms with E-state index >= 15 is 0 Å². The first-order chi connectivity index (χ1) is 48.4. The number of rotatable bonds is 66. The van der Waals surface area contributed by atoms with Crippen LogP contribution in [0.25, 0.3) is 0 Å². The van der Waals surface area contributed by atoms with Crippen molar-refractivity contribution in [2.75, 3.05) is 52.4 Å². The van der Waals surface area contributed by atoms with E-state index in [0.29, 0.717) is 38.4 Å². The van der Waals surface area contributed by atoms with E-state index in [1.54, 1.807) is 0 Å². The van der Waals surface area contributed by atoms with Gasteiger partial charge in [-0.3, -0.25) is 19.2 Å². The van der Waals surface area contributed by atoms with E-state index in [1.807, 2.05) is 0 Å². The maximum atomic E-state index is 10.6. The zero-order chi connectivity index (χ0) is 72.5. The fourth-order valence-electron chi connectivity index (χ4n) is 11.8. The van der Waals surface area contributed by atoms with E-state index in [4.69, 9.17) is 33.8 Å². The SMILES string of the molecule is NC(=O)/C=C\C(=O)O.NC(=O)CCCCCCCCCCCCCCCCCc1ccccc1.NC(=O)CCCCCCCCCCCCCCCCCc1ccccc1.NC(=O)CCCCCCCCCCCCCCCCCc1ccccc1.NCCNCCNCCNCCN. The van der Waals surface area contributed by atoms with Crippen molar-refractivity contribution in [1.82, 2.24) is 16.0 Å². The van der Waals surface area contributed by atoms with Gasteiger partial charge in [0.1, 0.15) is 0 Å². The molecule has 568 valence electrons. The quantitative estimate of drug-likeness (QED) is 0.0187. The van der Waals surface area contributed by atoms with Crippen molar-refractivity contribution in [3.05, 3.63) is 120 Å². The average molecular weight is 1380 g/mol. The molecule has 0 aliphatic rings. The summed E-state index contributed by atoms with van der Waals surface area (Å²) < 4.78 is 0. The summed E-state index contributed by atoms with van der Waals surface area (Å²) in [6, 6.07) is 32.6. The third kappa shape index (κ3) is 86.7. The lowest BCUT2D eigenvalue weighted by atomic mass is 10.0. The van der Waals surface area contributed by atoms with Gasteiger partial charge in [-0.2, -0.15) is 0 Å². The fraction of sp³-hybridized carbons (Fsp3) is 0.702. The third-order valence-corrected chi connectivity index (χ3v) is 17.7. The maximum Gasteiger partial charge on any atom is 0.328 e. The summed E-state index contributed by atoms with van der Waals surface area (Å²) in [5, 5.41) is 17.6. The van der Waals surface area contributed by atoms with E-state index in [0.717, 1.165) is 83.9 Å². The van der Waals surface area contributed by atoms with Gasteiger partial charge in [0.15, 0.2) is 0 Å². The Bertz CT molecular complexity index is 1970. The second kappa shape index (κ2) is 81.5. The number of hydrogen-bond donors (Lipinski definition) is 10. The number of amides is 4. The topological polar surface area (TPSA) is 298 Å². The van der Waals surface area contributed by atoms with Gasteiger partial charge in [0.25, 0.3) is 0 Å². The van der Waals surface area contributed by atoms with Crippen molar-refractivity contribution in [2.45, 2.75) is 327 Å². The summed E-state index contributed by atoms with van der Waals surface area (Å²) in [6.07, 6.45) is 67.1. The Kier molecular flexibility index (Phi) is 78.7. The molecule has 3 rings (SSSR count). The standard InChI is InChI=1S/3C24H41NO.C8H23N5.C4H5NO3/c3*25-24(26)22-18-13-11-9-7-5-3-1-2-4-6-8-10-12-15-19-23-20-16-14-17-21-23;9-1-3-11-5-7-13-8-6-12-4-2-10;5-3(6)1-2-4(7)8/h3*14,16-17,20-21H,1-13,15,18-19,22H2,(H2,25,26);11-13H,1-10H2;1-2H,(H2,5,6)(H,7,8)/b;;;;2-1-. The predicted molar refractivity (Wildman–Crippen MR) is 422 cm³/mol. The van der Waals surface area contributed by atoms with Gasteiger partial charge in [-0.15, -0.1) is 0 Å². The van der Waals surface area contributed by atoms with Crippen molar-refractivity contribution in [1.29, 1.82) is 0 Å². The van der Waals surface area contributed by atoms with Crippen LogP contribution < -0.4 is 50.4 Å². The zero-order valence-corrected chi connectivity index (χ0v) is 63.0. The number of benzene rings is 3. The summed E-state index contributed by atoms with van der Waals surface area (Å²) in [5.41, 5.74) is 35.1. The number of hydrogen-bond acceptors (Lipinski definition) is 10. The zero-order valence-electron chi connectivity index (χ0n) is 63.0.